The molecule has 18 heavy (non-hydrogen) atoms. The lowest BCUT2D eigenvalue weighted by molar-refractivity contribution is 0.361. The summed E-state index contributed by atoms with van der Waals surface area (Å²) in [5, 5.41) is 0.410. The van der Waals surface area contributed by atoms with Crippen LogP contribution in [-0.4, -0.2) is 20.5 Å². The summed E-state index contributed by atoms with van der Waals surface area (Å²) in [7, 11) is -3.52. The highest BCUT2D eigenvalue weighted by atomic mass is 79.9. The summed E-state index contributed by atoms with van der Waals surface area (Å²) in [4.78, 5) is 0. The zero-order valence-corrected chi connectivity index (χ0v) is 13.5. The molecule has 0 spiro atoms. The van der Waals surface area contributed by atoms with Crippen molar-refractivity contribution in [2.75, 3.05) is 0 Å². The Balaban J connectivity index is 2.16. The number of sulfonamides is 1. The van der Waals surface area contributed by atoms with Gasteiger partial charge in [0.2, 0.25) is 10.0 Å². The van der Waals surface area contributed by atoms with E-state index in [1.165, 1.54) is 6.07 Å². The van der Waals surface area contributed by atoms with Gasteiger partial charge in [-0.1, -0.05) is 24.4 Å². The molecule has 1 aliphatic carbocycles. The van der Waals surface area contributed by atoms with Crippen molar-refractivity contribution in [3.8, 4) is 0 Å². The first-order chi connectivity index (χ1) is 8.40. The van der Waals surface area contributed by atoms with Gasteiger partial charge in [0, 0.05) is 12.1 Å². The first-order valence-corrected chi connectivity index (χ1v) is 9.10. The van der Waals surface area contributed by atoms with Crippen LogP contribution in [0.2, 0.25) is 5.02 Å². The van der Waals surface area contributed by atoms with Crippen molar-refractivity contribution in [3.05, 3.63) is 14.9 Å². The lowest BCUT2D eigenvalue weighted by Crippen LogP contribution is -2.49. The minimum absolute atomic E-state index is 0.104. The fraction of sp³-hybridized carbons (Fsp3) is 0.600. The predicted octanol–water partition coefficient (Wildman–Crippen LogP) is 2.71. The van der Waals surface area contributed by atoms with E-state index in [0.29, 0.717) is 8.81 Å². The van der Waals surface area contributed by atoms with Gasteiger partial charge in [-0.3, -0.25) is 0 Å². The van der Waals surface area contributed by atoms with Crippen LogP contribution >= 0.6 is 38.9 Å². The van der Waals surface area contributed by atoms with Crippen molar-refractivity contribution in [2.45, 2.75) is 42.0 Å². The van der Waals surface area contributed by atoms with E-state index >= 15 is 0 Å². The molecule has 1 aromatic rings. The molecule has 8 heteroatoms. The van der Waals surface area contributed by atoms with E-state index in [9.17, 15) is 8.42 Å². The molecule has 0 amide bonds. The molecule has 0 aromatic carbocycles. The largest absolute Gasteiger partial charge is 0.326 e. The summed E-state index contributed by atoms with van der Waals surface area (Å²) in [5.74, 6) is 0. The fourth-order valence-electron chi connectivity index (χ4n) is 2.02. The summed E-state index contributed by atoms with van der Waals surface area (Å²) in [6.07, 6.45) is 3.73. The van der Waals surface area contributed by atoms with Gasteiger partial charge < -0.3 is 5.73 Å². The van der Waals surface area contributed by atoms with Gasteiger partial charge in [0.15, 0.2) is 0 Å². The van der Waals surface area contributed by atoms with E-state index in [1.807, 2.05) is 0 Å². The van der Waals surface area contributed by atoms with Gasteiger partial charge in [0.25, 0.3) is 0 Å². The molecule has 3 N–H and O–H groups in total. The zero-order chi connectivity index (χ0) is 13.3. The second kappa shape index (κ2) is 5.76. The molecular weight excluding hydrogens is 360 g/mol. The maximum absolute atomic E-state index is 12.2. The smallest absolute Gasteiger partial charge is 0.250 e. The summed E-state index contributed by atoms with van der Waals surface area (Å²) >= 11 is 10.2. The maximum atomic E-state index is 12.2. The Hall–Kier alpha value is 0.340. The second-order valence-corrected chi connectivity index (χ2v) is 9.08. The topological polar surface area (TPSA) is 72.2 Å². The molecule has 1 saturated carbocycles. The number of nitrogens with one attached hydrogen (secondary N) is 1. The van der Waals surface area contributed by atoms with E-state index in [-0.39, 0.29) is 16.3 Å². The van der Waals surface area contributed by atoms with Gasteiger partial charge in [-0.15, -0.1) is 11.3 Å². The van der Waals surface area contributed by atoms with Crippen molar-refractivity contribution in [3.63, 3.8) is 0 Å². The van der Waals surface area contributed by atoms with Crippen molar-refractivity contribution >= 4 is 48.9 Å². The van der Waals surface area contributed by atoms with Crippen molar-refractivity contribution < 1.29 is 8.42 Å². The Kier molecular flexibility index (Phi) is 4.72. The maximum Gasteiger partial charge on any atom is 0.250 e. The highest BCUT2D eigenvalue weighted by Gasteiger charge is 2.28. The Morgan fingerprint density at radius 2 is 2.11 bits per heavy atom. The third-order valence-corrected chi connectivity index (χ3v) is 7.45. The SMILES string of the molecule is NC1CCCCC1NS(=O)(=O)c1cc(Cl)c(Br)s1. The van der Waals surface area contributed by atoms with Crippen LogP contribution < -0.4 is 10.5 Å². The average Bonchev–Trinajstić information content (AvgIpc) is 2.63. The highest BCUT2D eigenvalue weighted by Crippen LogP contribution is 2.34. The molecule has 0 radical (unpaired) electrons. The minimum atomic E-state index is -3.52. The Morgan fingerprint density at radius 3 is 2.67 bits per heavy atom. The minimum Gasteiger partial charge on any atom is -0.326 e. The fourth-order valence-corrected chi connectivity index (χ4v) is 5.76. The van der Waals surface area contributed by atoms with Gasteiger partial charge in [-0.05, 0) is 34.8 Å². The van der Waals surface area contributed by atoms with Crippen molar-refractivity contribution in [1.82, 2.24) is 4.72 Å². The van der Waals surface area contributed by atoms with Crippen LogP contribution in [-0.2, 0) is 10.0 Å². The van der Waals surface area contributed by atoms with Crippen LogP contribution in [0.3, 0.4) is 0 Å². The monoisotopic (exact) mass is 372 g/mol. The van der Waals surface area contributed by atoms with Crippen LogP contribution in [0.1, 0.15) is 25.7 Å². The summed E-state index contributed by atoms with van der Waals surface area (Å²) < 4.78 is 27.9. The Bertz CT molecular complexity index is 512. The summed E-state index contributed by atoms with van der Waals surface area (Å²) in [6, 6.07) is 1.17. The molecule has 1 fully saturated rings. The van der Waals surface area contributed by atoms with E-state index in [0.717, 1.165) is 37.0 Å². The standard InChI is InChI=1S/C10H14BrClN2O2S2/c11-10-6(12)5-9(17-10)18(15,16)14-8-4-2-1-3-7(8)13/h5,7-8,14H,1-4,13H2. The highest BCUT2D eigenvalue weighted by molar-refractivity contribution is 9.11. The first kappa shape index (κ1) is 14.7. The van der Waals surface area contributed by atoms with E-state index < -0.39 is 10.0 Å². The molecule has 1 heterocycles. The third-order valence-electron chi connectivity index (χ3n) is 3.01. The third kappa shape index (κ3) is 3.26. The van der Waals surface area contributed by atoms with Gasteiger partial charge >= 0.3 is 0 Å². The number of halogens is 2. The van der Waals surface area contributed by atoms with E-state index in [2.05, 4.69) is 20.7 Å². The molecule has 2 atom stereocenters. The lowest BCUT2D eigenvalue weighted by atomic mass is 9.92. The Morgan fingerprint density at radius 1 is 1.44 bits per heavy atom. The number of thiophene rings is 1. The average molecular weight is 374 g/mol. The van der Waals surface area contributed by atoms with Gasteiger partial charge in [0.05, 0.1) is 8.81 Å². The second-order valence-electron chi connectivity index (χ2n) is 4.36. The first-order valence-electron chi connectivity index (χ1n) is 5.63. The molecule has 102 valence electrons. The normalized spacial score (nSPS) is 25.3. The molecule has 0 aliphatic heterocycles. The molecule has 2 rings (SSSR count). The number of hydrogen-bond donors (Lipinski definition) is 2. The van der Waals surface area contributed by atoms with E-state index in [1.54, 1.807) is 0 Å². The lowest BCUT2D eigenvalue weighted by Gasteiger charge is -2.28. The molecule has 0 saturated heterocycles. The van der Waals surface area contributed by atoms with Crippen LogP contribution in [0, 0.1) is 0 Å². The molecule has 1 aromatic heterocycles. The summed E-state index contributed by atoms with van der Waals surface area (Å²) in [6.45, 7) is 0. The van der Waals surface area contributed by atoms with Crippen molar-refractivity contribution in [2.24, 2.45) is 5.73 Å². The molecular formula is C10H14BrClN2O2S2. The van der Waals surface area contributed by atoms with Crippen LogP contribution in [0.5, 0.6) is 0 Å². The Labute approximate surface area is 124 Å². The quantitative estimate of drug-likeness (QED) is 0.855. The van der Waals surface area contributed by atoms with Crippen LogP contribution in [0.4, 0.5) is 0 Å². The summed E-state index contributed by atoms with van der Waals surface area (Å²) in [5.41, 5.74) is 5.94. The molecule has 1 aliphatic rings. The molecule has 4 nitrogen and oxygen atoms in total. The van der Waals surface area contributed by atoms with Gasteiger partial charge in [-0.25, -0.2) is 13.1 Å². The van der Waals surface area contributed by atoms with E-state index in [4.69, 9.17) is 17.3 Å². The number of hydrogen-bond acceptors (Lipinski definition) is 4. The van der Waals surface area contributed by atoms with Crippen molar-refractivity contribution in [1.29, 1.82) is 0 Å². The van der Waals surface area contributed by atoms with Gasteiger partial charge in [0.1, 0.15) is 4.21 Å². The van der Waals surface area contributed by atoms with Gasteiger partial charge in [-0.2, -0.15) is 0 Å². The number of nitrogens with two attached hydrogens (primary N) is 1. The van der Waals surface area contributed by atoms with Crippen LogP contribution in [0.15, 0.2) is 14.1 Å². The predicted molar refractivity (Wildman–Crippen MR) is 77.6 cm³/mol. The van der Waals surface area contributed by atoms with Crippen LogP contribution in [0.25, 0.3) is 0 Å². The molecule has 2 unspecified atom stereocenters. The molecule has 0 bridgehead atoms. The number of rotatable bonds is 3. The zero-order valence-electron chi connectivity index (χ0n) is 9.53.